The molecule has 0 radical (unpaired) electrons. The molecule has 0 fully saturated rings. The molecule has 0 heterocycles. The number of rotatable bonds is 5. The molecule has 0 saturated carbocycles. The molecule has 1 rings (SSSR count). The van der Waals surface area contributed by atoms with Crippen LogP contribution in [0.5, 0.6) is 0 Å². The van der Waals surface area contributed by atoms with Gasteiger partial charge in [-0.15, -0.1) is 0 Å². The number of likely N-dealkylation sites (N-methyl/N-ethyl adjacent to an activating group) is 1. The lowest BCUT2D eigenvalue weighted by atomic mass is 10.1. The second kappa shape index (κ2) is 6.40. The van der Waals surface area contributed by atoms with Crippen molar-refractivity contribution in [3.63, 3.8) is 0 Å². The van der Waals surface area contributed by atoms with Crippen molar-refractivity contribution in [3.05, 3.63) is 34.9 Å². The number of carbonyl (C=O) groups excluding carboxylic acids is 1. The number of esters is 1. The molecule has 0 atom stereocenters. The predicted molar refractivity (Wildman–Crippen MR) is 68.9 cm³/mol. The van der Waals surface area contributed by atoms with Gasteiger partial charge >= 0.3 is 5.97 Å². The maximum absolute atomic E-state index is 11.3. The Balaban J connectivity index is 2.55. The van der Waals surface area contributed by atoms with E-state index in [-0.39, 0.29) is 5.97 Å². The lowest BCUT2D eigenvalue weighted by Crippen LogP contribution is -2.27. The Labute approximate surface area is 103 Å². The van der Waals surface area contributed by atoms with Gasteiger partial charge in [0.25, 0.3) is 0 Å². The normalized spacial score (nSPS) is 10.6. The lowest BCUT2D eigenvalue weighted by Gasteiger charge is -2.16. The minimum Gasteiger partial charge on any atom is -0.465 e. The largest absolute Gasteiger partial charge is 0.465 e. The van der Waals surface area contributed by atoms with E-state index in [1.807, 2.05) is 18.9 Å². The van der Waals surface area contributed by atoms with Crippen LogP contribution in [0.2, 0.25) is 0 Å². The van der Waals surface area contributed by atoms with E-state index < -0.39 is 0 Å². The molecular weight excluding hydrogens is 214 g/mol. The van der Waals surface area contributed by atoms with Gasteiger partial charge in [-0.2, -0.15) is 0 Å². The van der Waals surface area contributed by atoms with Crippen molar-refractivity contribution in [2.24, 2.45) is 0 Å². The summed E-state index contributed by atoms with van der Waals surface area (Å²) in [6.45, 7) is 7.53. The number of hydrogen-bond donors (Lipinski definition) is 0. The van der Waals surface area contributed by atoms with Gasteiger partial charge in [0.1, 0.15) is 0 Å². The first-order valence-corrected chi connectivity index (χ1v) is 5.92. The second-order valence-electron chi connectivity index (χ2n) is 4.47. The molecule has 3 heteroatoms. The highest BCUT2D eigenvalue weighted by molar-refractivity contribution is 5.71. The van der Waals surface area contributed by atoms with Gasteiger partial charge in [-0.3, -0.25) is 9.69 Å². The third-order valence-corrected chi connectivity index (χ3v) is 2.44. The van der Waals surface area contributed by atoms with Gasteiger partial charge < -0.3 is 4.74 Å². The lowest BCUT2D eigenvalue weighted by molar-refractivity contribution is -0.144. The topological polar surface area (TPSA) is 29.5 Å². The quantitative estimate of drug-likeness (QED) is 0.733. The highest BCUT2D eigenvalue weighted by Crippen LogP contribution is 2.10. The first-order chi connectivity index (χ1) is 8.01. The standard InChI is InChI=1S/C14H21NO2/c1-5-17-14(16)10-15(4)9-13-7-11(2)6-12(3)8-13/h6-8H,5,9-10H2,1-4H3. The van der Waals surface area contributed by atoms with Gasteiger partial charge in [0.2, 0.25) is 0 Å². The molecular formula is C14H21NO2. The molecule has 0 amide bonds. The Kier molecular flexibility index (Phi) is 5.16. The molecule has 17 heavy (non-hydrogen) atoms. The summed E-state index contributed by atoms with van der Waals surface area (Å²) in [5.41, 5.74) is 3.74. The van der Waals surface area contributed by atoms with Gasteiger partial charge in [-0.05, 0) is 33.4 Å². The molecule has 1 aromatic carbocycles. The first-order valence-electron chi connectivity index (χ1n) is 5.92. The molecule has 94 valence electrons. The van der Waals surface area contributed by atoms with Crippen LogP contribution in [0, 0.1) is 13.8 Å². The fourth-order valence-electron chi connectivity index (χ4n) is 1.95. The van der Waals surface area contributed by atoms with Crippen molar-refractivity contribution in [2.45, 2.75) is 27.3 Å². The second-order valence-corrected chi connectivity index (χ2v) is 4.47. The zero-order valence-corrected chi connectivity index (χ0v) is 11.1. The van der Waals surface area contributed by atoms with Crippen LogP contribution in [0.25, 0.3) is 0 Å². The Morgan fingerprint density at radius 1 is 1.24 bits per heavy atom. The van der Waals surface area contributed by atoms with E-state index in [1.54, 1.807) is 0 Å². The van der Waals surface area contributed by atoms with Gasteiger partial charge in [-0.1, -0.05) is 29.3 Å². The molecule has 0 aliphatic heterocycles. The average Bonchev–Trinajstić information content (AvgIpc) is 2.14. The van der Waals surface area contributed by atoms with Crippen LogP contribution in [-0.4, -0.2) is 31.1 Å². The van der Waals surface area contributed by atoms with E-state index in [0.29, 0.717) is 13.2 Å². The monoisotopic (exact) mass is 235 g/mol. The summed E-state index contributed by atoms with van der Waals surface area (Å²) in [7, 11) is 1.93. The number of hydrogen-bond acceptors (Lipinski definition) is 3. The van der Waals surface area contributed by atoms with E-state index >= 15 is 0 Å². The predicted octanol–water partition coefficient (Wildman–Crippen LogP) is 2.30. The summed E-state index contributed by atoms with van der Waals surface area (Å²) in [6.07, 6.45) is 0. The average molecular weight is 235 g/mol. The van der Waals surface area contributed by atoms with Crippen molar-refractivity contribution < 1.29 is 9.53 Å². The SMILES string of the molecule is CCOC(=O)CN(C)Cc1cc(C)cc(C)c1. The maximum atomic E-state index is 11.3. The summed E-state index contributed by atoms with van der Waals surface area (Å²) in [4.78, 5) is 13.3. The van der Waals surface area contributed by atoms with E-state index in [0.717, 1.165) is 6.54 Å². The van der Waals surface area contributed by atoms with Crippen LogP contribution < -0.4 is 0 Å². The minimum atomic E-state index is -0.167. The number of carbonyl (C=O) groups is 1. The van der Waals surface area contributed by atoms with Crippen LogP contribution in [0.15, 0.2) is 18.2 Å². The summed E-state index contributed by atoms with van der Waals surface area (Å²) >= 11 is 0. The third-order valence-electron chi connectivity index (χ3n) is 2.44. The highest BCUT2D eigenvalue weighted by Gasteiger charge is 2.07. The van der Waals surface area contributed by atoms with Crippen LogP contribution in [-0.2, 0) is 16.1 Å². The molecule has 0 bridgehead atoms. The molecule has 0 aliphatic rings. The van der Waals surface area contributed by atoms with Crippen molar-refractivity contribution in [2.75, 3.05) is 20.2 Å². The molecule has 0 unspecified atom stereocenters. The third kappa shape index (κ3) is 5.00. The molecule has 3 nitrogen and oxygen atoms in total. The zero-order valence-electron chi connectivity index (χ0n) is 11.1. The van der Waals surface area contributed by atoms with Crippen molar-refractivity contribution in [1.29, 1.82) is 0 Å². The molecule has 0 aliphatic carbocycles. The Morgan fingerprint density at radius 3 is 2.35 bits per heavy atom. The number of aryl methyl sites for hydroxylation is 2. The molecule has 0 aromatic heterocycles. The van der Waals surface area contributed by atoms with Crippen LogP contribution in [0.1, 0.15) is 23.6 Å². The Hall–Kier alpha value is -1.35. The minimum absolute atomic E-state index is 0.167. The summed E-state index contributed by atoms with van der Waals surface area (Å²) in [6, 6.07) is 6.44. The van der Waals surface area contributed by atoms with Gasteiger partial charge in [-0.25, -0.2) is 0 Å². The van der Waals surface area contributed by atoms with Gasteiger partial charge in [0.05, 0.1) is 13.2 Å². The summed E-state index contributed by atoms with van der Waals surface area (Å²) < 4.78 is 4.92. The van der Waals surface area contributed by atoms with Gasteiger partial charge in [0.15, 0.2) is 0 Å². The van der Waals surface area contributed by atoms with Crippen molar-refractivity contribution in [1.82, 2.24) is 4.90 Å². The number of ether oxygens (including phenoxy) is 1. The highest BCUT2D eigenvalue weighted by atomic mass is 16.5. The summed E-state index contributed by atoms with van der Waals surface area (Å²) in [5.74, 6) is -0.167. The van der Waals surface area contributed by atoms with E-state index in [2.05, 4.69) is 32.0 Å². The van der Waals surface area contributed by atoms with Crippen LogP contribution in [0.4, 0.5) is 0 Å². The Morgan fingerprint density at radius 2 is 1.82 bits per heavy atom. The molecule has 0 spiro atoms. The van der Waals surface area contributed by atoms with E-state index in [4.69, 9.17) is 4.74 Å². The first kappa shape index (κ1) is 13.7. The summed E-state index contributed by atoms with van der Waals surface area (Å²) in [5, 5.41) is 0. The smallest absolute Gasteiger partial charge is 0.320 e. The van der Waals surface area contributed by atoms with Crippen molar-refractivity contribution >= 4 is 5.97 Å². The fourth-order valence-corrected chi connectivity index (χ4v) is 1.95. The molecule has 0 N–H and O–H groups in total. The van der Waals surface area contributed by atoms with E-state index in [9.17, 15) is 4.79 Å². The maximum Gasteiger partial charge on any atom is 0.320 e. The zero-order chi connectivity index (χ0) is 12.8. The number of benzene rings is 1. The fraction of sp³-hybridized carbons (Fsp3) is 0.500. The van der Waals surface area contributed by atoms with Crippen molar-refractivity contribution in [3.8, 4) is 0 Å². The van der Waals surface area contributed by atoms with Gasteiger partial charge in [0, 0.05) is 6.54 Å². The molecule has 1 aromatic rings. The van der Waals surface area contributed by atoms with Crippen LogP contribution in [0.3, 0.4) is 0 Å². The number of nitrogens with zero attached hydrogens (tertiary/aromatic N) is 1. The molecule has 0 saturated heterocycles. The van der Waals surface area contributed by atoms with E-state index in [1.165, 1.54) is 16.7 Å². The Bertz CT molecular complexity index is 368. The van der Waals surface area contributed by atoms with Crippen LogP contribution >= 0.6 is 0 Å².